The van der Waals surface area contributed by atoms with E-state index in [1.54, 1.807) is 0 Å². The number of aliphatic hydroxyl groups is 1. The summed E-state index contributed by atoms with van der Waals surface area (Å²) in [6, 6.07) is 3.92. The van der Waals surface area contributed by atoms with Crippen molar-refractivity contribution >= 4 is 17.3 Å². The van der Waals surface area contributed by atoms with E-state index in [2.05, 4.69) is 0 Å². The van der Waals surface area contributed by atoms with Gasteiger partial charge in [0.2, 0.25) is 0 Å². The van der Waals surface area contributed by atoms with Crippen LogP contribution in [-0.4, -0.2) is 40.0 Å². The van der Waals surface area contributed by atoms with Crippen LogP contribution in [-0.2, 0) is 0 Å². The number of likely N-dealkylation sites (tertiary alicyclic amines) is 1. The largest absolute Gasteiger partial charge is 0.393 e. The van der Waals surface area contributed by atoms with E-state index in [0.29, 0.717) is 18.5 Å². The minimum absolute atomic E-state index is 0.0339. The summed E-state index contributed by atoms with van der Waals surface area (Å²) in [4.78, 5) is 23.8. The predicted octanol–water partition coefficient (Wildman–Crippen LogP) is 0.774. The average Bonchev–Trinajstić information content (AvgIpc) is 2.37. The molecule has 0 bridgehead atoms. The van der Waals surface area contributed by atoms with Crippen LogP contribution >= 0.6 is 0 Å². The maximum absolute atomic E-state index is 12.2. The van der Waals surface area contributed by atoms with Gasteiger partial charge in [-0.15, -0.1) is 0 Å². The van der Waals surface area contributed by atoms with Crippen molar-refractivity contribution in [2.75, 3.05) is 18.8 Å². The molecule has 1 heterocycles. The molecule has 0 aromatic heterocycles. The number of anilines is 1. The molecule has 1 fully saturated rings. The number of nitro groups is 1. The molecule has 102 valence electrons. The molecule has 0 spiro atoms. The Morgan fingerprint density at radius 1 is 1.53 bits per heavy atom. The first-order valence-corrected chi connectivity index (χ1v) is 6.00. The Labute approximate surface area is 109 Å². The van der Waals surface area contributed by atoms with E-state index in [1.807, 2.05) is 0 Å². The maximum atomic E-state index is 12.2. The Hall–Kier alpha value is -2.15. The van der Waals surface area contributed by atoms with Crippen LogP contribution < -0.4 is 5.73 Å². The number of nitro benzene ring substituents is 1. The number of rotatable bonds is 2. The van der Waals surface area contributed by atoms with E-state index in [9.17, 15) is 20.0 Å². The summed E-state index contributed by atoms with van der Waals surface area (Å²) in [6.07, 6.45) is 0.926. The highest BCUT2D eigenvalue weighted by atomic mass is 16.6. The Morgan fingerprint density at radius 3 is 2.84 bits per heavy atom. The molecule has 1 aliphatic rings. The Kier molecular flexibility index (Phi) is 3.66. The number of benzene rings is 1. The van der Waals surface area contributed by atoms with Crippen molar-refractivity contribution in [3.05, 3.63) is 33.9 Å². The zero-order chi connectivity index (χ0) is 14.0. The molecule has 2 rings (SSSR count). The van der Waals surface area contributed by atoms with Gasteiger partial charge in [-0.25, -0.2) is 0 Å². The summed E-state index contributed by atoms with van der Waals surface area (Å²) in [7, 11) is 0. The molecule has 0 saturated carbocycles. The predicted molar refractivity (Wildman–Crippen MR) is 68.7 cm³/mol. The molecule has 1 amide bonds. The second kappa shape index (κ2) is 5.23. The van der Waals surface area contributed by atoms with E-state index in [4.69, 9.17) is 5.73 Å². The van der Waals surface area contributed by atoms with Crippen LogP contribution in [0.5, 0.6) is 0 Å². The van der Waals surface area contributed by atoms with Crippen LogP contribution in [0.1, 0.15) is 23.2 Å². The first-order valence-electron chi connectivity index (χ1n) is 6.00. The molecular formula is C12H15N3O4. The maximum Gasteiger partial charge on any atom is 0.292 e. The van der Waals surface area contributed by atoms with Gasteiger partial charge in [0, 0.05) is 24.7 Å². The highest BCUT2D eigenvalue weighted by Crippen LogP contribution is 2.23. The SMILES string of the molecule is Nc1cc(C(=O)N2CCCC(O)C2)ccc1[N+](=O)[O-]. The van der Waals surface area contributed by atoms with Gasteiger partial charge in [0.25, 0.3) is 11.6 Å². The summed E-state index contributed by atoms with van der Waals surface area (Å²) in [5.74, 6) is -0.264. The molecule has 1 aliphatic heterocycles. The molecule has 7 heteroatoms. The number of nitrogens with zero attached hydrogens (tertiary/aromatic N) is 2. The molecule has 0 radical (unpaired) electrons. The summed E-state index contributed by atoms with van der Waals surface area (Å²) in [5, 5.41) is 20.2. The fraction of sp³-hybridized carbons (Fsp3) is 0.417. The molecular weight excluding hydrogens is 250 g/mol. The first-order chi connectivity index (χ1) is 8.99. The van der Waals surface area contributed by atoms with E-state index >= 15 is 0 Å². The van der Waals surface area contributed by atoms with Crippen LogP contribution in [0.15, 0.2) is 18.2 Å². The number of β-amino-alcohol motifs (C(OH)–C–C–N with tert-alkyl or cyclic N) is 1. The quantitative estimate of drug-likeness (QED) is 0.466. The van der Waals surface area contributed by atoms with Gasteiger partial charge in [0.15, 0.2) is 0 Å². The number of nitrogen functional groups attached to an aromatic ring is 1. The highest BCUT2D eigenvalue weighted by molar-refractivity contribution is 5.95. The summed E-state index contributed by atoms with van der Waals surface area (Å²) in [6.45, 7) is 0.864. The van der Waals surface area contributed by atoms with Crippen molar-refractivity contribution in [1.29, 1.82) is 0 Å². The van der Waals surface area contributed by atoms with Gasteiger partial charge in [-0.05, 0) is 25.0 Å². The average molecular weight is 265 g/mol. The van der Waals surface area contributed by atoms with Gasteiger partial charge < -0.3 is 15.7 Å². The van der Waals surface area contributed by atoms with Crippen LogP contribution in [0.3, 0.4) is 0 Å². The fourth-order valence-corrected chi connectivity index (χ4v) is 2.18. The van der Waals surface area contributed by atoms with E-state index in [0.717, 1.165) is 6.42 Å². The lowest BCUT2D eigenvalue weighted by Crippen LogP contribution is -2.42. The van der Waals surface area contributed by atoms with E-state index < -0.39 is 11.0 Å². The van der Waals surface area contributed by atoms with Crippen molar-refractivity contribution < 1.29 is 14.8 Å². The number of hydrogen-bond donors (Lipinski definition) is 2. The fourth-order valence-electron chi connectivity index (χ4n) is 2.18. The summed E-state index contributed by atoms with van der Waals surface area (Å²) >= 11 is 0. The van der Waals surface area contributed by atoms with Crippen molar-refractivity contribution in [3.63, 3.8) is 0 Å². The van der Waals surface area contributed by atoms with Gasteiger partial charge in [-0.3, -0.25) is 14.9 Å². The third-order valence-electron chi connectivity index (χ3n) is 3.15. The van der Waals surface area contributed by atoms with Crippen molar-refractivity contribution in [2.24, 2.45) is 0 Å². The molecule has 19 heavy (non-hydrogen) atoms. The second-order valence-corrected chi connectivity index (χ2v) is 4.58. The zero-order valence-electron chi connectivity index (χ0n) is 10.3. The van der Waals surface area contributed by atoms with Gasteiger partial charge in [0.1, 0.15) is 5.69 Å². The number of hydrogen-bond acceptors (Lipinski definition) is 5. The highest BCUT2D eigenvalue weighted by Gasteiger charge is 2.24. The minimum Gasteiger partial charge on any atom is -0.393 e. The Balaban J connectivity index is 2.19. The van der Waals surface area contributed by atoms with Gasteiger partial charge in [-0.2, -0.15) is 0 Å². The smallest absolute Gasteiger partial charge is 0.292 e. The zero-order valence-corrected chi connectivity index (χ0v) is 10.3. The number of carbonyl (C=O) groups excluding carboxylic acids is 1. The number of amides is 1. The van der Waals surface area contributed by atoms with Gasteiger partial charge in [0.05, 0.1) is 11.0 Å². The van der Waals surface area contributed by atoms with E-state index in [-0.39, 0.29) is 23.8 Å². The minimum atomic E-state index is -0.589. The first kappa shape index (κ1) is 13.3. The third kappa shape index (κ3) is 2.82. The second-order valence-electron chi connectivity index (χ2n) is 4.58. The lowest BCUT2D eigenvalue weighted by atomic mass is 10.1. The number of nitrogens with two attached hydrogens (primary N) is 1. The lowest BCUT2D eigenvalue weighted by Gasteiger charge is -2.30. The molecule has 7 nitrogen and oxygen atoms in total. The van der Waals surface area contributed by atoms with Crippen molar-refractivity contribution in [1.82, 2.24) is 4.90 Å². The normalized spacial score (nSPS) is 19.2. The van der Waals surface area contributed by atoms with E-state index in [1.165, 1.54) is 23.1 Å². The van der Waals surface area contributed by atoms with Crippen molar-refractivity contribution in [3.8, 4) is 0 Å². The summed E-state index contributed by atoms with van der Waals surface area (Å²) in [5.41, 5.74) is 5.61. The molecule has 1 saturated heterocycles. The lowest BCUT2D eigenvalue weighted by molar-refractivity contribution is -0.383. The molecule has 1 aromatic rings. The van der Waals surface area contributed by atoms with Crippen LogP contribution in [0.25, 0.3) is 0 Å². The van der Waals surface area contributed by atoms with Gasteiger partial charge >= 0.3 is 0 Å². The standard InChI is InChI=1S/C12H15N3O4/c13-10-6-8(3-4-11(10)15(18)19)12(17)14-5-1-2-9(16)7-14/h3-4,6,9,16H,1-2,5,7,13H2. The topological polar surface area (TPSA) is 110 Å². The van der Waals surface area contributed by atoms with Crippen LogP contribution in [0, 0.1) is 10.1 Å². The van der Waals surface area contributed by atoms with Crippen LogP contribution in [0.2, 0.25) is 0 Å². The third-order valence-corrected chi connectivity index (χ3v) is 3.15. The number of carbonyl (C=O) groups is 1. The monoisotopic (exact) mass is 265 g/mol. The van der Waals surface area contributed by atoms with Crippen molar-refractivity contribution in [2.45, 2.75) is 18.9 Å². The molecule has 1 atom stereocenters. The molecule has 3 N–H and O–H groups in total. The molecule has 1 unspecified atom stereocenters. The Bertz CT molecular complexity index is 518. The number of aliphatic hydroxyl groups excluding tert-OH is 1. The van der Waals surface area contributed by atoms with Gasteiger partial charge in [-0.1, -0.05) is 0 Å². The summed E-state index contributed by atoms with van der Waals surface area (Å²) < 4.78 is 0. The number of piperidine rings is 1. The molecule has 0 aliphatic carbocycles. The van der Waals surface area contributed by atoms with Crippen LogP contribution in [0.4, 0.5) is 11.4 Å². The Morgan fingerprint density at radius 2 is 2.26 bits per heavy atom. The molecule has 1 aromatic carbocycles.